The van der Waals surface area contributed by atoms with Crippen molar-refractivity contribution >= 4 is 18.0 Å². The third-order valence-corrected chi connectivity index (χ3v) is 6.40. The van der Waals surface area contributed by atoms with Crippen molar-refractivity contribution in [2.45, 2.75) is 43.5 Å². The minimum Gasteiger partial charge on any atom is -0.481 e. The van der Waals surface area contributed by atoms with E-state index in [9.17, 15) is 23.9 Å². The summed E-state index contributed by atoms with van der Waals surface area (Å²) < 4.78 is 19.4. The lowest BCUT2D eigenvalue weighted by molar-refractivity contribution is -0.139. The number of aliphatic carboxylic acids is 1. The van der Waals surface area contributed by atoms with E-state index in [2.05, 4.69) is 5.32 Å². The molecule has 3 atom stereocenters. The van der Waals surface area contributed by atoms with Gasteiger partial charge in [0.1, 0.15) is 18.8 Å². The topological polar surface area (TPSA) is 116 Å². The van der Waals surface area contributed by atoms with Gasteiger partial charge in [-0.3, -0.25) is 9.59 Å². The molecule has 2 amide bonds. The summed E-state index contributed by atoms with van der Waals surface area (Å²) in [5.41, 5.74) is 4.23. The molecule has 2 aliphatic rings. The van der Waals surface area contributed by atoms with Crippen LogP contribution in [0.15, 0.2) is 48.5 Å². The van der Waals surface area contributed by atoms with Crippen molar-refractivity contribution in [3.8, 4) is 11.1 Å². The molecule has 2 aromatic carbocycles. The summed E-state index contributed by atoms with van der Waals surface area (Å²) in [6, 6.07) is 14.6. The SMILES string of the molecule is O=C(O)CCC(NC(=O)OCC1c2ccccc2-c2ccccc21)C(=O)N1CCC(O)C(F)C1. The van der Waals surface area contributed by atoms with E-state index in [0.29, 0.717) is 0 Å². The third kappa shape index (κ3) is 5.04. The van der Waals surface area contributed by atoms with Crippen molar-refractivity contribution in [3.63, 3.8) is 0 Å². The van der Waals surface area contributed by atoms with E-state index in [4.69, 9.17) is 9.84 Å². The summed E-state index contributed by atoms with van der Waals surface area (Å²) >= 11 is 0. The quantitative estimate of drug-likeness (QED) is 0.573. The number of carbonyl (C=O) groups excluding carboxylic acids is 2. The number of nitrogens with one attached hydrogen (secondary N) is 1. The summed E-state index contributed by atoms with van der Waals surface area (Å²) in [4.78, 5) is 37.8. The van der Waals surface area contributed by atoms with Crippen LogP contribution >= 0.6 is 0 Å². The van der Waals surface area contributed by atoms with Crippen LogP contribution in [0.5, 0.6) is 0 Å². The average Bonchev–Trinajstić information content (AvgIpc) is 3.15. The Labute approximate surface area is 196 Å². The number of piperidine rings is 1. The molecule has 0 radical (unpaired) electrons. The Morgan fingerprint density at radius 3 is 2.29 bits per heavy atom. The van der Waals surface area contributed by atoms with Crippen LogP contribution in [0.3, 0.4) is 0 Å². The van der Waals surface area contributed by atoms with Crippen LogP contribution in [0.1, 0.15) is 36.3 Å². The van der Waals surface area contributed by atoms with Gasteiger partial charge in [0.25, 0.3) is 0 Å². The minimum atomic E-state index is -1.59. The largest absolute Gasteiger partial charge is 0.481 e. The number of hydrogen-bond acceptors (Lipinski definition) is 5. The Hall–Kier alpha value is -3.46. The van der Waals surface area contributed by atoms with Gasteiger partial charge >= 0.3 is 12.1 Å². The molecule has 3 N–H and O–H groups in total. The van der Waals surface area contributed by atoms with Crippen LogP contribution in [0, 0.1) is 0 Å². The maximum Gasteiger partial charge on any atom is 0.407 e. The number of alkyl carbamates (subject to hydrolysis) is 1. The fourth-order valence-electron chi connectivity index (χ4n) is 4.62. The normalized spacial score (nSPS) is 20.2. The van der Waals surface area contributed by atoms with E-state index in [1.54, 1.807) is 0 Å². The average molecular weight is 470 g/mol. The summed E-state index contributed by atoms with van der Waals surface area (Å²) in [6.07, 6.45) is -4.02. The zero-order valence-electron chi connectivity index (χ0n) is 18.5. The van der Waals surface area contributed by atoms with E-state index in [-0.39, 0.29) is 44.9 Å². The zero-order chi connectivity index (χ0) is 24.2. The number of ether oxygens (including phenoxy) is 1. The Balaban J connectivity index is 1.42. The number of carbonyl (C=O) groups is 3. The molecule has 1 aliphatic carbocycles. The van der Waals surface area contributed by atoms with Gasteiger partial charge in [0.2, 0.25) is 5.91 Å². The minimum absolute atomic E-state index is 0.0438. The number of hydrogen-bond donors (Lipinski definition) is 3. The number of benzene rings is 2. The van der Waals surface area contributed by atoms with Gasteiger partial charge in [0.05, 0.1) is 12.6 Å². The molecule has 9 heteroatoms. The Morgan fingerprint density at radius 2 is 1.71 bits per heavy atom. The van der Waals surface area contributed by atoms with Crippen molar-refractivity contribution in [3.05, 3.63) is 59.7 Å². The molecule has 3 unspecified atom stereocenters. The zero-order valence-corrected chi connectivity index (χ0v) is 18.5. The number of halogens is 1. The third-order valence-electron chi connectivity index (χ3n) is 6.40. The number of alkyl halides is 1. The van der Waals surface area contributed by atoms with Crippen molar-refractivity contribution in [1.29, 1.82) is 0 Å². The van der Waals surface area contributed by atoms with Crippen LogP contribution in [0.25, 0.3) is 11.1 Å². The second-order valence-corrected chi connectivity index (χ2v) is 8.61. The fraction of sp³-hybridized carbons (Fsp3) is 0.400. The number of aliphatic hydroxyl groups is 1. The Kier molecular flexibility index (Phi) is 7.12. The molecule has 34 heavy (non-hydrogen) atoms. The first-order valence-electron chi connectivity index (χ1n) is 11.3. The van der Waals surface area contributed by atoms with Crippen LogP contribution in [-0.4, -0.2) is 71.1 Å². The van der Waals surface area contributed by atoms with Crippen molar-refractivity contribution in [1.82, 2.24) is 10.2 Å². The number of fused-ring (bicyclic) bond motifs is 3. The summed E-state index contributed by atoms with van der Waals surface area (Å²) in [5, 5.41) is 21.1. The number of carboxylic acid groups (broad SMARTS) is 1. The lowest BCUT2D eigenvalue weighted by atomic mass is 9.98. The molecular formula is C25H27FN2O6. The molecule has 0 bridgehead atoms. The lowest BCUT2D eigenvalue weighted by Gasteiger charge is -2.34. The number of amides is 2. The molecule has 0 aromatic heterocycles. The number of carboxylic acids is 1. The standard InChI is InChI=1S/C25H27FN2O6/c26-20-13-28(12-11-22(20)29)24(32)21(9-10-23(30)31)27-25(33)34-14-19-17-7-3-1-5-15(17)16-6-2-4-8-18(16)19/h1-8,19-22,29H,9-14H2,(H,27,33)(H,30,31). The first kappa shape index (κ1) is 23.7. The molecule has 4 rings (SSSR count). The summed E-state index contributed by atoms with van der Waals surface area (Å²) in [5.74, 6) is -1.88. The van der Waals surface area contributed by atoms with Crippen LogP contribution < -0.4 is 5.32 Å². The lowest BCUT2D eigenvalue weighted by Crippen LogP contribution is -2.54. The second-order valence-electron chi connectivity index (χ2n) is 8.61. The highest BCUT2D eigenvalue weighted by molar-refractivity contribution is 5.86. The predicted molar refractivity (Wildman–Crippen MR) is 121 cm³/mol. The second kappa shape index (κ2) is 10.2. The summed E-state index contributed by atoms with van der Waals surface area (Å²) in [6.45, 7) is -0.144. The van der Waals surface area contributed by atoms with Crippen molar-refractivity contribution in [2.75, 3.05) is 19.7 Å². The molecule has 0 saturated carbocycles. The Morgan fingerprint density at radius 1 is 1.09 bits per heavy atom. The van der Waals surface area contributed by atoms with Gasteiger partial charge < -0.3 is 25.2 Å². The molecule has 1 heterocycles. The van der Waals surface area contributed by atoms with Crippen molar-refractivity contribution < 1.29 is 33.7 Å². The van der Waals surface area contributed by atoms with E-state index in [0.717, 1.165) is 22.3 Å². The highest BCUT2D eigenvalue weighted by Gasteiger charge is 2.35. The molecule has 8 nitrogen and oxygen atoms in total. The highest BCUT2D eigenvalue weighted by atomic mass is 19.1. The van der Waals surface area contributed by atoms with Crippen LogP contribution in [-0.2, 0) is 14.3 Å². The summed E-state index contributed by atoms with van der Waals surface area (Å²) in [7, 11) is 0. The van der Waals surface area contributed by atoms with Gasteiger partial charge in [-0.05, 0) is 35.1 Å². The predicted octanol–water partition coefficient (Wildman–Crippen LogP) is 2.69. The maximum absolute atomic E-state index is 13.9. The number of aliphatic hydroxyl groups excluding tert-OH is 1. The molecule has 1 aliphatic heterocycles. The molecular weight excluding hydrogens is 443 g/mol. The van der Waals surface area contributed by atoms with Crippen molar-refractivity contribution in [2.24, 2.45) is 0 Å². The van der Waals surface area contributed by atoms with Gasteiger partial charge in [0, 0.05) is 18.9 Å². The van der Waals surface area contributed by atoms with E-state index < -0.39 is 36.3 Å². The highest BCUT2D eigenvalue weighted by Crippen LogP contribution is 2.44. The van der Waals surface area contributed by atoms with Gasteiger partial charge in [-0.25, -0.2) is 9.18 Å². The molecule has 180 valence electrons. The van der Waals surface area contributed by atoms with Crippen LogP contribution in [0.4, 0.5) is 9.18 Å². The molecule has 2 aromatic rings. The molecule has 1 fully saturated rings. The number of rotatable bonds is 7. The van der Waals surface area contributed by atoms with Gasteiger partial charge in [0.15, 0.2) is 0 Å². The van der Waals surface area contributed by atoms with Gasteiger partial charge in [-0.1, -0.05) is 48.5 Å². The fourth-order valence-corrected chi connectivity index (χ4v) is 4.62. The van der Waals surface area contributed by atoms with Gasteiger partial charge in [-0.15, -0.1) is 0 Å². The first-order chi connectivity index (χ1) is 16.3. The smallest absolute Gasteiger partial charge is 0.407 e. The maximum atomic E-state index is 13.9. The van der Waals surface area contributed by atoms with E-state index >= 15 is 0 Å². The van der Waals surface area contributed by atoms with Crippen LogP contribution in [0.2, 0.25) is 0 Å². The molecule has 0 spiro atoms. The Bertz CT molecular complexity index is 1030. The van der Waals surface area contributed by atoms with E-state index in [1.165, 1.54) is 4.90 Å². The number of nitrogens with zero attached hydrogens (tertiary/aromatic N) is 1. The van der Waals surface area contributed by atoms with Gasteiger partial charge in [-0.2, -0.15) is 0 Å². The first-order valence-corrected chi connectivity index (χ1v) is 11.3. The van der Waals surface area contributed by atoms with E-state index in [1.807, 2.05) is 48.5 Å². The monoisotopic (exact) mass is 470 g/mol. The number of likely N-dealkylation sites (tertiary alicyclic amines) is 1. The molecule has 1 saturated heterocycles.